The van der Waals surface area contributed by atoms with Crippen molar-refractivity contribution in [2.75, 3.05) is 0 Å². The van der Waals surface area contributed by atoms with Crippen LogP contribution in [0.5, 0.6) is 0 Å². The quantitative estimate of drug-likeness (QED) is 0.880. The number of thiophene rings is 1. The summed E-state index contributed by atoms with van der Waals surface area (Å²) in [6.45, 7) is 1.48. The summed E-state index contributed by atoms with van der Waals surface area (Å²) in [5.74, 6) is -1.44. The zero-order valence-electron chi connectivity index (χ0n) is 8.88. The fourth-order valence-electron chi connectivity index (χ4n) is 1.55. The molecule has 1 aromatic heterocycles. The van der Waals surface area contributed by atoms with E-state index in [1.54, 1.807) is 12.1 Å². The Labute approximate surface area is 106 Å². The number of aliphatic hydroxyl groups is 1. The van der Waals surface area contributed by atoms with E-state index in [0.717, 1.165) is 18.2 Å². The molecule has 1 atom stereocenters. The van der Waals surface area contributed by atoms with Crippen molar-refractivity contribution >= 4 is 22.9 Å². The fraction of sp³-hybridized carbons (Fsp3) is 0.167. The minimum Gasteiger partial charge on any atom is -0.380 e. The molecular formula is C12H9ClF2OS. The van der Waals surface area contributed by atoms with Crippen molar-refractivity contribution in [1.82, 2.24) is 0 Å². The highest BCUT2D eigenvalue weighted by Gasteiger charge is 2.28. The van der Waals surface area contributed by atoms with E-state index in [1.165, 1.54) is 18.3 Å². The van der Waals surface area contributed by atoms with Crippen LogP contribution in [0.25, 0.3) is 0 Å². The van der Waals surface area contributed by atoms with E-state index in [1.807, 2.05) is 0 Å². The van der Waals surface area contributed by atoms with E-state index >= 15 is 0 Å². The van der Waals surface area contributed by atoms with Crippen molar-refractivity contribution in [2.24, 2.45) is 0 Å². The topological polar surface area (TPSA) is 20.2 Å². The second-order valence-electron chi connectivity index (χ2n) is 3.83. The Kier molecular flexibility index (Phi) is 3.21. The van der Waals surface area contributed by atoms with Crippen molar-refractivity contribution in [3.05, 3.63) is 56.7 Å². The van der Waals surface area contributed by atoms with Gasteiger partial charge in [-0.05, 0) is 36.8 Å². The first kappa shape index (κ1) is 12.5. The lowest BCUT2D eigenvalue weighted by molar-refractivity contribution is 0.105. The minimum absolute atomic E-state index is 0.161. The molecule has 0 radical (unpaired) electrons. The second kappa shape index (κ2) is 4.37. The highest BCUT2D eigenvalue weighted by atomic mass is 35.5. The average Bonchev–Trinajstić information content (AvgIpc) is 2.64. The van der Waals surface area contributed by atoms with Crippen LogP contribution in [-0.4, -0.2) is 5.11 Å². The lowest BCUT2D eigenvalue weighted by Crippen LogP contribution is -2.21. The summed E-state index contributed by atoms with van der Waals surface area (Å²) in [6, 6.07) is 6.25. The van der Waals surface area contributed by atoms with Gasteiger partial charge in [-0.2, -0.15) is 0 Å². The summed E-state index contributed by atoms with van der Waals surface area (Å²) in [5, 5.41) is 10.3. The third kappa shape index (κ3) is 2.49. The Hall–Kier alpha value is -0.970. The third-order valence-electron chi connectivity index (χ3n) is 2.48. The van der Waals surface area contributed by atoms with Crippen LogP contribution < -0.4 is 0 Å². The number of rotatable bonds is 2. The molecule has 5 heteroatoms. The van der Waals surface area contributed by atoms with Gasteiger partial charge in [-0.15, -0.1) is 11.3 Å². The molecule has 2 aromatic rings. The van der Waals surface area contributed by atoms with E-state index in [-0.39, 0.29) is 5.56 Å². The van der Waals surface area contributed by atoms with Crippen molar-refractivity contribution < 1.29 is 13.9 Å². The van der Waals surface area contributed by atoms with Gasteiger partial charge in [-0.1, -0.05) is 11.6 Å². The average molecular weight is 275 g/mol. The summed E-state index contributed by atoms with van der Waals surface area (Å²) >= 11 is 6.95. The zero-order valence-corrected chi connectivity index (χ0v) is 10.4. The van der Waals surface area contributed by atoms with Crippen molar-refractivity contribution in [2.45, 2.75) is 12.5 Å². The summed E-state index contributed by atoms with van der Waals surface area (Å²) in [5.41, 5.74) is -1.30. The molecule has 0 saturated heterocycles. The van der Waals surface area contributed by atoms with Crippen molar-refractivity contribution in [3.63, 3.8) is 0 Å². The van der Waals surface area contributed by atoms with Crippen LogP contribution >= 0.6 is 22.9 Å². The molecule has 2 rings (SSSR count). The number of hydrogen-bond acceptors (Lipinski definition) is 2. The Morgan fingerprint density at radius 2 is 1.76 bits per heavy atom. The first-order chi connectivity index (χ1) is 7.89. The number of halogens is 3. The van der Waals surface area contributed by atoms with Gasteiger partial charge < -0.3 is 5.11 Å². The minimum atomic E-state index is -1.46. The van der Waals surface area contributed by atoms with Crippen LogP contribution in [0.15, 0.2) is 30.3 Å². The Bertz CT molecular complexity index is 531. The second-order valence-corrected chi connectivity index (χ2v) is 5.55. The molecule has 0 aliphatic heterocycles. The summed E-state index contributed by atoms with van der Waals surface area (Å²) in [6.07, 6.45) is 0. The van der Waals surface area contributed by atoms with Crippen LogP contribution in [0.3, 0.4) is 0 Å². The van der Waals surface area contributed by atoms with Gasteiger partial charge in [0.15, 0.2) is 0 Å². The number of hydrogen-bond donors (Lipinski definition) is 1. The maximum absolute atomic E-state index is 13.1. The predicted octanol–water partition coefficient (Wildman–Crippen LogP) is 3.94. The maximum atomic E-state index is 13.1. The summed E-state index contributed by atoms with van der Waals surface area (Å²) in [4.78, 5) is 0.535. The van der Waals surface area contributed by atoms with E-state index in [2.05, 4.69) is 0 Å². The lowest BCUT2D eigenvalue weighted by atomic mass is 9.94. The molecular weight excluding hydrogens is 266 g/mol. The van der Waals surface area contributed by atoms with Gasteiger partial charge >= 0.3 is 0 Å². The standard InChI is InChI=1S/C12H9ClF2OS/c1-12(16,10-2-3-11(13)17-10)7-4-8(14)6-9(15)5-7/h2-6,16H,1H3. The molecule has 0 amide bonds. The largest absolute Gasteiger partial charge is 0.380 e. The molecule has 0 aliphatic rings. The Morgan fingerprint density at radius 1 is 1.18 bits per heavy atom. The molecule has 1 unspecified atom stereocenters. The van der Waals surface area contributed by atoms with Gasteiger partial charge in [0.2, 0.25) is 0 Å². The molecule has 90 valence electrons. The first-order valence-corrected chi connectivity index (χ1v) is 6.04. The van der Waals surface area contributed by atoms with Gasteiger partial charge in [0, 0.05) is 10.9 Å². The number of benzene rings is 1. The molecule has 1 N–H and O–H groups in total. The van der Waals surface area contributed by atoms with E-state index in [0.29, 0.717) is 9.21 Å². The van der Waals surface area contributed by atoms with Gasteiger partial charge in [0.1, 0.15) is 17.2 Å². The van der Waals surface area contributed by atoms with Gasteiger partial charge in [-0.3, -0.25) is 0 Å². The lowest BCUT2D eigenvalue weighted by Gasteiger charge is -2.22. The van der Waals surface area contributed by atoms with Gasteiger partial charge in [0.05, 0.1) is 4.34 Å². The molecule has 0 aliphatic carbocycles. The Balaban J connectivity index is 2.50. The molecule has 1 heterocycles. The third-order valence-corrected chi connectivity index (χ3v) is 3.92. The molecule has 1 aromatic carbocycles. The summed E-state index contributed by atoms with van der Waals surface area (Å²) in [7, 11) is 0. The molecule has 0 saturated carbocycles. The van der Waals surface area contributed by atoms with E-state index in [9.17, 15) is 13.9 Å². The smallest absolute Gasteiger partial charge is 0.126 e. The van der Waals surface area contributed by atoms with Crippen LogP contribution in [-0.2, 0) is 5.60 Å². The predicted molar refractivity (Wildman–Crippen MR) is 64.4 cm³/mol. The maximum Gasteiger partial charge on any atom is 0.126 e. The van der Waals surface area contributed by atoms with Crippen molar-refractivity contribution in [1.29, 1.82) is 0 Å². The normalized spacial score (nSPS) is 14.6. The molecule has 1 nitrogen and oxygen atoms in total. The highest BCUT2D eigenvalue weighted by Crippen LogP contribution is 2.36. The van der Waals surface area contributed by atoms with Crippen LogP contribution in [0, 0.1) is 11.6 Å². The first-order valence-electron chi connectivity index (χ1n) is 4.84. The highest BCUT2D eigenvalue weighted by molar-refractivity contribution is 7.16. The molecule has 0 fully saturated rings. The van der Waals surface area contributed by atoms with Crippen LogP contribution in [0.1, 0.15) is 17.4 Å². The van der Waals surface area contributed by atoms with Crippen molar-refractivity contribution in [3.8, 4) is 0 Å². The monoisotopic (exact) mass is 274 g/mol. The fourth-order valence-corrected chi connectivity index (χ4v) is 2.66. The van der Waals surface area contributed by atoms with Crippen LogP contribution in [0.4, 0.5) is 8.78 Å². The van der Waals surface area contributed by atoms with Crippen LogP contribution in [0.2, 0.25) is 4.34 Å². The Morgan fingerprint density at radius 3 is 2.24 bits per heavy atom. The summed E-state index contributed by atoms with van der Waals surface area (Å²) < 4.78 is 26.7. The molecule has 17 heavy (non-hydrogen) atoms. The molecule has 0 bridgehead atoms. The van der Waals surface area contributed by atoms with E-state index in [4.69, 9.17) is 11.6 Å². The zero-order chi connectivity index (χ0) is 12.6. The van der Waals surface area contributed by atoms with Gasteiger partial charge in [0.25, 0.3) is 0 Å². The van der Waals surface area contributed by atoms with Gasteiger partial charge in [-0.25, -0.2) is 8.78 Å². The SMILES string of the molecule is CC(O)(c1cc(F)cc(F)c1)c1ccc(Cl)s1. The van der Waals surface area contributed by atoms with E-state index < -0.39 is 17.2 Å². The molecule has 0 spiro atoms.